The second-order valence-corrected chi connectivity index (χ2v) is 6.46. The van der Waals surface area contributed by atoms with Gasteiger partial charge in [-0.2, -0.15) is 13.2 Å². The van der Waals surface area contributed by atoms with E-state index in [0.29, 0.717) is 5.57 Å². The molecule has 4 N–H and O–H groups in total. The van der Waals surface area contributed by atoms with E-state index < -0.39 is 24.2 Å². The highest BCUT2D eigenvalue weighted by molar-refractivity contribution is 6.30. The van der Waals surface area contributed by atoms with Crippen molar-refractivity contribution in [3.05, 3.63) is 22.8 Å². The topological polar surface area (TPSA) is 58.3 Å². The van der Waals surface area contributed by atoms with Crippen LogP contribution in [0.25, 0.3) is 0 Å². The number of hydrogen-bond donors (Lipinski definition) is 3. The molecule has 0 amide bonds. The number of halogens is 4. The Kier molecular flexibility index (Phi) is 5.94. The first-order valence-corrected chi connectivity index (χ1v) is 7.98. The van der Waals surface area contributed by atoms with Crippen LogP contribution in [0.5, 0.6) is 0 Å². The van der Waals surface area contributed by atoms with Crippen molar-refractivity contribution in [1.82, 2.24) is 5.32 Å². The summed E-state index contributed by atoms with van der Waals surface area (Å²) in [6, 6.07) is -1.60. The van der Waals surface area contributed by atoms with E-state index in [2.05, 4.69) is 5.32 Å². The van der Waals surface area contributed by atoms with Crippen molar-refractivity contribution in [2.24, 2.45) is 11.7 Å². The molecule has 1 fully saturated rings. The fourth-order valence-electron chi connectivity index (χ4n) is 3.11. The lowest BCUT2D eigenvalue weighted by Gasteiger charge is -2.32. The Labute approximate surface area is 133 Å². The van der Waals surface area contributed by atoms with Gasteiger partial charge in [0.2, 0.25) is 0 Å². The fraction of sp³-hybridized carbons (Fsp3) is 0.733. The zero-order valence-electron chi connectivity index (χ0n) is 12.2. The maximum atomic E-state index is 13.1. The lowest BCUT2D eigenvalue weighted by molar-refractivity contribution is -0.163. The first kappa shape index (κ1) is 17.8. The van der Waals surface area contributed by atoms with Crippen LogP contribution in [0.15, 0.2) is 22.8 Å². The van der Waals surface area contributed by atoms with E-state index in [1.807, 2.05) is 0 Å². The van der Waals surface area contributed by atoms with Crippen molar-refractivity contribution in [2.75, 3.05) is 6.61 Å². The predicted molar refractivity (Wildman–Crippen MR) is 80.4 cm³/mol. The normalized spacial score (nSPS) is 29.0. The zero-order chi connectivity index (χ0) is 16.3. The minimum atomic E-state index is -4.45. The Morgan fingerprint density at radius 3 is 2.50 bits per heavy atom. The van der Waals surface area contributed by atoms with Crippen LogP contribution in [0.1, 0.15) is 32.1 Å². The summed E-state index contributed by atoms with van der Waals surface area (Å²) in [6.45, 7) is -0.275. The highest BCUT2D eigenvalue weighted by Crippen LogP contribution is 2.37. The van der Waals surface area contributed by atoms with Crippen molar-refractivity contribution in [2.45, 2.75) is 56.4 Å². The van der Waals surface area contributed by atoms with Crippen molar-refractivity contribution < 1.29 is 18.3 Å². The second-order valence-electron chi connectivity index (χ2n) is 6.03. The quantitative estimate of drug-likeness (QED) is 0.738. The Morgan fingerprint density at radius 2 is 1.95 bits per heavy atom. The number of aliphatic hydroxyl groups excluding tert-OH is 1. The Bertz CT molecular complexity index is 445. The van der Waals surface area contributed by atoms with Crippen LogP contribution in [0.4, 0.5) is 13.2 Å². The van der Waals surface area contributed by atoms with Gasteiger partial charge < -0.3 is 16.2 Å². The molecule has 0 aromatic heterocycles. The molecule has 2 aliphatic carbocycles. The smallest absolute Gasteiger partial charge is 0.394 e. The van der Waals surface area contributed by atoms with Gasteiger partial charge >= 0.3 is 6.18 Å². The van der Waals surface area contributed by atoms with Crippen LogP contribution in [0.3, 0.4) is 0 Å². The molecule has 0 radical (unpaired) electrons. The lowest BCUT2D eigenvalue weighted by atomic mass is 9.87. The summed E-state index contributed by atoms with van der Waals surface area (Å²) >= 11 is 5.89. The molecule has 2 aliphatic rings. The molecule has 3 atom stereocenters. The van der Waals surface area contributed by atoms with E-state index >= 15 is 0 Å². The molecule has 126 valence electrons. The van der Waals surface area contributed by atoms with Crippen molar-refractivity contribution in [3.63, 3.8) is 0 Å². The van der Waals surface area contributed by atoms with Crippen molar-refractivity contribution in [3.8, 4) is 0 Å². The molecule has 1 saturated carbocycles. The molecule has 0 aromatic carbocycles. The van der Waals surface area contributed by atoms with Gasteiger partial charge in [0, 0.05) is 11.1 Å². The van der Waals surface area contributed by atoms with Crippen LogP contribution in [0.2, 0.25) is 0 Å². The molecule has 0 aliphatic heterocycles. The van der Waals surface area contributed by atoms with Gasteiger partial charge in [0.1, 0.15) is 0 Å². The number of rotatable bonds is 4. The van der Waals surface area contributed by atoms with Crippen LogP contribution >= 0.6 is 11.6 Å². The van der Waals surface area contributed by atoms with Gasteiger partial charge in [-0.25, -0.2) is 0 Å². The number of aliphatic hydroxyl groups is 1. The highest BCUT2D eigenvalue weighted by Gasteiger charge is 2.45. The molecule has 0 heterocycles. The molecule has 3 unspecified atom stereocenters. The molecule has 7 heteroatoms. The summed E-state index contributed by atoms with van der Waals surface area (Å²) in [5, 5.41) is 12.8. The van der Waals surface area contributed by atoms with Gasteiger partial charge in [0.15, 0.2) is 0 Å². The molecule has 3 nitrogen and oxygen atoms in total. The van der Waals surface area contributed by atoms with Crippen LogP contribution < -0.4 is 11.1 Å². The average molecular weight is 339 g/mol. The van der Waals surface area contributed by atoms with Crippen molar-refractivity contribution >= 4 is 11.6 Å². The lowest BCUT2D eigenvalue weighted by Crippen LogP contribution is -2.46. The van der Waals surface area contributed by atoms with E-state index in [1.54, 1.807) is 0 Å². The summed E-state index contributed by atoms with van der Waals surface area (Å²) in [6.07, 6.45) is 3.42. The molecule has 0 bridgehead atoms. The minimum absolute atomic E-state index is 0.0243. The molecule has 2 rings (SSSR count). The molecule has 0 aromatic rings. The van der Waals surface area contributed by atoms with E-state index in [1.165, 1.54) is 12.5 Å². The van der Waals surface area contributed by atoms with E-state index in [4.69, 9.17) is 17.3 Å². The van der Waals surface area contributed by atoms with Gasteiger partial charge in [-0.1, -0.05) is 36.9 Å². The number of alkyl halides is 3. The summed E-state index contributed by atoms with van der Waals surface area (Å²) in [4.78, 5) is 0. The number of nitrogens with two attached hydrogens (primary N) is 1. The Balaban J connectivity index is 2.15. The highest BCUT2D eigenvalue weighted by atomic mass is 35.5. The van der Waals surface area contributed by atoms with Crippen LogP contribution in [-0.4, -0.2) is 36.0 Å². The second kappa shape index (κ2) is 7.34. The summed E-state index contributed by atoms with van der Waals surface area (Å²) in [5.41, 5.74) is 5.91. The fourth-order valence-corrected chi connectivity index (χ4v) is 3.37. The monoisotopic (exact) mass is 338 g/mol. The van der Waals surface area contributed by atoms with Crippen LogP contribution in [-0.2, 0) is 0 Å². The van der Waals surface area contributed by atoms with Gasteiger partial charge in [-0.05, 0) is 24.5 Å². The first-order valence-electron chi connectivity index (χ1n) is 7.61. The average Bonchev–Trinajstić information content (AvgIpc) is 2.47. The predicted octanol–water partition coefficient (Wildman–Crippen LogP) is 2.84. The SMILES string of the molecule is NC1C(Cl)=CC(C(CO)NC2CCCCC2)=CC1C(F)(F)F. The van der Waals surface area contributed by atoms with E-state index in [0.717, 1.165) is 31.8 Å². The molecular weight excluding hydrogens is 317 g/mol. The zero-order valence-corrected chi connectivity index (χ0v) is 13.0. The third kappa shape index (κ3) is 4.25. The third-order valence-electron chi connectivity index (χ3n) is 4.39. The van der Waals surface area contributed by atoms with Crippen LogP contribution in [0, 0.1) is 5.92 Å². The Hall–Kier alpha value is -0.560. The standard InChI is InChI=1S/C15H22ClF3N2O/c16-12-7-9(6-11(14(12)20)15(17,18)19)13(8-22)21-10-4-2-1-3-5-10/h6-7,10-11,13-14,21-22H,1-5,8,20H2. The number of nitrogens with one attached hydrogen (secondary N) is 1. The maximum absolute atomic E-state index is 13.1. The minimum Gasteiger partial charge on any atom is -0.394 e. The summed E-state index contributed by atoms with van der Waals surface area (Å²) in [7, 11) is 0. The summed E-state index contributed by atoms with van der Waals surface area (Å²) in [5.74, 6) is -1.82. The largest absolute Gasteiger partial charge is 0.397 e. The molecule has 0 spiro atoms. The molecular formula is C15H22ClF3N2O. The van der Waals surface area contributed by atoms with Crippen molar-refractivity contribution in [1.29, 1.82) is 0 Å². The number of hydrogen-bond acceptors (Lipinski definition) is 3. The van der Waals surface area contributed by atoms with Gasteiger partial charge in [0.05, 0.1) is 24.6 Å². The van der Waals surface area contributed by atoms with Gasteiger partial charge in [0.25, 0.3) is 0 Å². The maximum Gasteiger partial charge on any atom is 0.397 e. The first-order chi connectivity index (χ1) is 10.3. The van der Waals surface area contributed by atoms with E-state index in [-0.39, 0.29) is 17.7 Å². The van der Waals surface area contributed by atoms with Gasteiger partial charge in [-0.3, -0.25) is 0 Å². The Morgan fingerprint density at radius 1 is 1.32 bits per heavy atom. The third-order valence-corrected chi connectivity index (χ3v) is 4.75. The summed E-state index contributed by atoms with van der Waals surface area (Å²) < 4.78 is 39.2. The molecule has 22 heavy (non-hydrogen) atoms. The van der Waals surface area contributed by atoms with E-state index in [9.17, 15) is 18.3 Å². The molecule has 0 saturated heterocycles. The van der Waals surface area contributed by atoms with Gasteiger partial charge in [-0.15, -0.1) is 0 Å².